The van der Waals surface area contributed by atoms with Gasteiger partial charge in [0.15, 0.2) is 0 Å². The zero-order valence-corrected chi connectivity index (χ0v) is 21.2. The third kappa shape index (κ3) is 4.53. The van der Waals surface area contributed by atoms with Gasteiger partial charge in [-0.05, 0) is 85.5 Å². The van der Waals surface area contributed by atoms with Crippen molar-refractivity contribution in [2.45, 2.75) is 25.8 Å². The molecular formula is C30H30N2O5. The molecule has 3 aromatic rings. The lowest BCUT2D eigenvalue weighted by Gasteiger charge is -2.26. The molecule has 0 spiro atoms. The van der Waals surface area contributed by atoms with Gasteiger partial charge in [-0.15, -0.1) is 0 Å². The highest BCUT2D eigenvalue weighted by molar-refractivity contribution is 6.51. The first-order chi connectivity index (χ1) is 17.9. The van der Waals surface area contributed by atoms with Crippen LogP contribution in [0.25, 0.3) is 5.76 Å². The normalized spacial score (nSPS) is 18.4. The second-order valence-electron chi connectivity index (χ2n) is 9.36. The van der Waals surface area contributed by atoms with Gasteiger partial charge in [0.25, 0.3) is 11.7 Å². The summed E-state index contributed by atoms with van der Waals surface area (Å²) in [7, 11) is 3.87. The third-order valence-corrected chi connectivity index (χ3v) is 6.78. The summed E-state index contributed by atoms with van der Waals surface area (Å²) in [4.78, 5) is 30.3. The lowest BCUT2D eigenvalue weighted by Crippen LogP contribution is -2.29. The number of nitrogens with zero attached hydrogens (tertiary/aromatic N) is 2. The molecule has 0 aromatic heterocycles. The molecule has 0 bridgehead atoms. The molecule has 7 nitrogen and oxygen atoms in total. The van der Waals surface area contributed by atoms with Crippen molar-refractivity contribution >= 4 is 28.8 Å². The van der Waals surface area contributed by atoms with Gasteiger partial charge < -0.3 is 19.5 Å². The Hall–Kier alpha value is -4.26. The van der Waals surface area contributed by atoms with Crippen LogP contribution in [0.4, 0.5) is 11.4 Å². The number of hydrogen-bond donors (Lipinski definition) is 1. The van der Waals surface area contributed by atoms with Crippen molar-refractivity contribution in [2.24, 2.45) is 0 Å². The van der Waals surface area contributed by atoms with Gasteiger partial charge in [0, 0.05) is 31.0 Å². The fraction of sp³-hybridized carbons (Fsp3) is 0.267. The summed E-state index contributed by atoms with van der Waals surface area (Å²) in [6, 6.07) is 19.3. The molecule has 2 aliphatic heterocycles. The van der Waals surface area contributed by atoms with Gasteiger partial charge in [0.2, 0.25) is 0 Å². The minimum Gasteiger partial charge on any atom is -0.507 e. The Balaban J connectivity index is 1.64. The number of anilines is 2. The van der Waals surface area contributed by atoms with Gasteiger partial charge in [-0.2, -0.15) is 0 Å². The molecule has 0 saturated carbocycles. The van der Waals surface area contributed by atoms with E-state index < -0.39 is 17.7 Å². The van der Waals surface area contributed by atoms with E-state index in [1.165, 1.54) is 4.90 Å². The second-order valence-corrected chi connectivity index (χ2v) is 9.36. The van der Waals surface area contributed by atoms with Gasteiger partial charge in [-0.3, -0.25) is 14.5 Å². The molecular weight excluding hydrogens is 468 g/mol. The van der Waals surface area contributed by atoms with E-state index in [0.717, 1.165) is 29.8 Å². The molecule has 190 valence electrons. The SMILES string of the molecule is CCOc1ccc(C2/C(=C(/O)c3ccc4c(c3)CCCO4)C(=O)C(=O)N2c2ccc(N(C)C)cc2)cc1. The van der Waals surface area contributed by atoms with Crippen molar-refractivity contribution in [3.05, 3.63) is 89.0 Å². The summed E-state index contributed by atoms with van der Waals surface area (Å²) in [5, 5.41) is 11.5. The fourth-order valence-electron chi connectivity index (χ4n) is 4.90. The maximum absolute atomic E-state index is 13.5. The Labute approximate surface area is 216 Å². The van der Waals surface area contributed by atoms with E-state index in [0.29, 0.717) is 35.8 Å². The van der Waals surface area contributed by atoms with E-state index in [-0.39, 0.29) is 11.3 Å². The molecule has 3 aromatic carbocycles. The first-order valence-electron chi connectivity index (χ1n) is 12.5. The molecule has 0 radical (unpaired) electrons. The highest BCUT2D eigenvalue weighted by Gasteiger charge is 2.47. The Morgan fingerprint density at radius 3 is 2.46 bits per heavy atom. The van der Waals surface area contributed by atoms with Crippen molar-refractivity contribution in [3.8, 4) is 11.5 Å². The highest BCUT2D eigenvalue weighted by atomic mass is 16.5. The molecule has 1 atom stereocenters. The van der Waals surface area contributed by atoms with Gasteiger partial charge >= 0.3 is 0 Å². The number of benzene rings is 3. The molecule has 37 heavy (non-hydrogen) atoms. The first kappa shape index (κ1) is 24.4. The number of hydrogen-bond acceptors (Lipinski definition) is 6. The van der Waals surface area contributed by atoms with E-state index in [4.69, 9.17) is 9.47 Å². The smallest absolute Gasteiger partial charge is 0.300 e. The average Bonchev–Trinajstić information content (AvgIpc) is 3.18. The molecule has 2 aliphatic rings. The monoisotopic (exact) mass is 498 g/mol. The molecule has 1 unspecified atom stereocenters. The van der Waals surface area contributed by atoms with E-state index in [1.54, 1.807) is 6.07 Å². The number of amides is 1. The van der Waals surface area contributed by atoms with Crippen molar-refractivity contribution < 1.29 is 24.2 Å². The number of aliphatic hydroxyl groups is 1. The van der Waals surface area contributed by atoms with Crippen LogP contribution in [0.1, 0.15) is 36.1 Å². The van der Waals surface area contributed by atoms with Crippen LogP contribution in [0.5, 0.6) is 11.5 Å². The maximum atomic E-state index is 13.5. The third-order valence-electron chi connectivity index (χ3n) is 6.78. The van der Waals surface area contributed by atoms with Crippen LogP contribution < -0.4 is 19.3 Å². The number of fused-ring (bicyclic) bond motifs is 1. The molecule has 5 rings (SSSR count). The minimum absolute atomic E-state index is 0.0579. The molecule has 7 heteroatoms. The predicted molar refractivity (Wildman–Crippen MR) is 143 cm³/mol. The van der Waals surface area contributed by atoms with Crippen molar-refractivity contribution in [1.82, 2.24) is 0 Å². The molecule has 1 amide bonds. The second kappa shape index (κ2) is 10.0. The van der Waals surface area contributed by atoms with Crippen molar-refractivity contribution in [3.63, 3.8) is 0 Å². The molecule has 1 N–H and O–H groups in total. The number of aliphatic hydroxyl groups excluding tert-OH is 1. The number of rotatable bonds is 6. The van der Waals surface area contributed by atoms with Gasteiger partial charge in [-0.1, -0.05) is 12.1 Å². The summed E-state index contributed by atoms with van der Waals surface area (Å²) in [6.45, 7) is 3.09. The first-order valence-corrected chi connectivity index (χ1v) is 12.5. The van der Waals surface area contributed by atoms with E-state index in [2.05, 4.69) is 0 Å². The molecule has 1 fully saturated rings. The Bertz CT molecular complexity index is 1360. The van der Waals surface area contributed by atoms with Gasteiger partial charge in [-0.25, -0.2) is 0 Å². The number of ketones is 1. The van der Waals surface area contributed by atoms with Crippen LogP contribution in [0.2, 0.25) is 0 Å². The topological polar surface area (TPSA) is 79.3 Å². The van der Waals surface area contributed by atoms with E-state index in [1.807, 2.05) is 86.6 Å². The number of ether oxygens (including phenoxy) is 2. The lowest BCUT2D eigenvalue weighted by atomic mass is 9.93. The Kier molecular flexibility index (Phi) is 6.61. The van der Waals surface area contributed by atoms with Gasteiger partial charge in [0.1, 0.15) is 17.3 Å². The maximum Gasteiger partial charge on any atom is 0.300 e. The molecule has 0 aliphatic carbocycles. The number of Topliss-reactive ketones (excluding diaryl/α,β-unsaturated/α-hetero) is 1. The van der Waals surface area contributed by atoms with Crippen LogP contribution >= 0.6 is 0 Å². The van der Waals surface area contributed by atoms with Crippen LogP contribution in [-0.2, 0) is 16.0 Å². The van der Waals surface area contributed by atoms with Crippen LogP contribution in [-0.4, -0.2) is 44.1 Å². The Morgan fingerprint density at radius 1 is 1.05 bits per heavy atom. The Morgan fingerprint density at radius 2 is 1.78 bits per heavy atom. The molecule has 1 saturated heterocycles. The van der Waals surface area contributed by atoms with Crippen LogP contribution in [0.3, 0.4) is 0 Å². The summed E-state index contributed by atoms with van der Waals surface area (Å²) in [6.07, 6.45) is 1.71. The largest absolute Gasteiger partial charge is 0.507 e. The summed E-state index contributed by atoms with van der Waals surface area (Å²) < 4.78 is 11.3. The highest BCUT2D eigenvalue weighted by Crippen LogP contribution is 2.43. The molecule has 2 heterocycles. The zero-order valence-electron chi connectivity index (χ0n) is 21.2. The summed E-state index contributed by atoms with van der Waals surface area (Å²) >= 11 is 0. The number of carbonyl (C=O) groups excluding carboxylic acids is 2. The predicted octanol–water partition coefficient (Wildman–Crippen LogP) is 5.10. The fourth-order valence-corrected chi connectivity index (χ4v) is 4.90. The van der Waals surface area contributed by atoms with Crippen molar-refractivity contribution in [1.29, 1.82) is 0 Å². The van der Waals surface area contributed by atoms with Crippen LogP contribution in [0.15, 0.2) is 72.3 Å². The number of carbonyl (C=O) groups is 2. The standard InChI is InChI=1S/C30H30N2O5/c1-4-36-24-14-7-19(8-15-24)27-26(28(33)21-9-16-25-20(18-21)6-5-17-37-25)29(34)30(35)32(27)23-12-10-22(11-13-23)31(2)3/h7-16,18,27,33H,4-6,17H2,1-3H3/b28-26-. The lowest BCUT2D eigenvalue weighted by molar-refractivity contribution is -0.132. The quantitative estimate of drug-likeness (QED) is 0.289. The summed E-state index contributed by atoms with van der Waals surface area (Å²) in [5.41, 5.74) is 3.76. The van der Waals surface area contributed by atoms with Crippen LogP contribution in [0, 0.1) is 0 Å². The number of aryl methyl sites for hydroxylation is 1. The van der Waals surface area contributed by atoms with Crippen molar-refractivity contribution in [2.75, 3.05) is 37.1 Å². The van der Waals surface area contributed by atoms with E-state index >= 15 is 0 Å². The zero-order chi connectivity index (χ0) is 26.1. The average molecular weight is 499 g/mol. The van der Waals surface area contributed by atoms with Gasteiger partial charge in [0.05, 0.1) is 24.8 Å². The summed E-state index contributed by atoms with van der Waals surface area (Å²) in [5.74, 6) is -0.125. The van der Waals surface area contributed by atoms with E-state index in [9.17, 15) is 14.7 Å². The minimum atomic E-state index is -0.798.